The molecular weight excluding hydrogens is 490 g/mol. The summed E-state index contributed by atoms with van der Waals surface area (Å²) in [6.45, 7) is 6.04. The molecule has 0 unspecified atom stereocenters. The second-order valence-corrected chi connectivity index (χ2v) is 10.3. The Hall–Kier alpha value is -4.02. The average Bonchev–Trinajstić information content (AvgIpc) is 2.89. The van der Waals surface area contributed by atoms with Gasteiger partial charge in [-0.05, 0) is 42.8 Å². The van der Waals surface area contributed by atoms with E-state index in [1.165, 1.54) is 4.31 Å². The van der Waals surface area contributed by atoms with E-state index in [1.807, 2.05) is 44.2 Å². The summed E-state index contributed by atoms with van der Waals surface area (Å²) in [6.07, 6.45) is 0. The zero-order valence-electron chi connectivity index (χ0n) is 20.9. The van der Waals surface area contributed by atoms with Crippen LogP contribution in [0.25, 0.3) is 22.0 Å². The zero-order valence-corrected chi connectivity index (χ0v) is 21.7. The van der Waals surface area contributed by atoms with Crippen LogP contribution in [0, 0.1) is 6.92 Å². The maximum atomic E-state index is 13.3. The fraction of sp³-hybridized carbons (Fsp3) is 0.222. The molecule has 0 bridgehead atoms. The number of carbonyl (C=O) groups excluding carboxylic acids is 1. The van der Waals surface area contributed by atoms with E-state index in [4.69, 9.17) is 10.5 Å². The number of anilines is 2. The highest BCUT2D eigenvalue weighted by atomic mass is 32.2. The Morgan fingerprint density at radius 2 is 1.65 bits per heavy atom. The highest BCUT2D eigenvalue weighted by Gasteiger charge is 2.24. The van der Waals surface area contributed by atoms with E-state index in [0.717, 1.165) is 16.5 Å². The van der Waals surface area contributed by atoms with Crippen LogP contribution in [0.2, 0.25) is 0 Å². The number of nitrogens with two attached hydrogens (primary N) is 1. The fourth-order valence-electron chi connectivity index (χ4n) is 4.06. The third-order valence-electron chi connectivity index (χ3n) is 5.97. The fourth-order valence-corrected chi connectivity index (χ4v) is 5.77. The third kappa shape index (κ3) is 5.55. The summed E-state index contributed by atoms with van der Waals surface area (Å²) in [4.78, 5) is 11.2. The van der Waals surface area contributed by atoms with Crippen molar-refractivity contribution in [2.45, 2.75) is 25.7 Å². The molecule has 0 fully saturated rings. The third-order valence-corrected chi connectivity index (χ3v) is 8.16. The van der Waals surface area contributed by atoms with Crippen LogP contribution < -0.4 is 15.8 Å². The molecule has 3 N–H and O–H groups in total. The Bertz CT molecular complexity index is 1530. The van der Waals surface area contributed by atoms with Crippen molar-refractivity contribution in [1.82, 2.24) is 14.5 Å². The quantitative estimate of drug-likeness (QED) is 0.321. The van der Waals surface area contributed by atoms with Gasteiger partial charge in [0.25, 0.3) is 5.91 Å². The van der Waals surface area contributed by atoms with Gasteiger partial charge in [0.05, 0.1) is 4.90 Å². The first-order chi connectivity index (χ1) is 17.7. The Balaban J connectivity index is 1.71. The zero-order chi connectivity index (χ0) is 26.6. The van der Waals surface area contributed by atoms with Crippen molar-refractivity contribution in [2.75, 3.05) is 25.0 Å². The van der Waals surface area contributed by atoms with Crippen LogP contribution >= 0.6 is 0 Å². The Labute approximate surface area is 216 Å². The van der Waals surface area contributed by atoms with Crippen LogP contribution in [-0.2, 0) is 14.8 Å². The highest BCUT2D eigenvalue weighted by molar-refractivity contribution is 7.89. The molecule has 9 nitrogen and oxygen atoms in total. The number of benzene rings is 3. The molecule has 37 heavy (non-hydrogen) atoms. The lowest BCUT2D eigenvalue weighted by Crippen LogP contribution is -2.31. The van der Waals surface area contributed by atoms with Gasteiger partial charge in [0.1, 0.15) is 11.4 Å². The number of aryl methyl sites for hydroxylation is 1. The number of rotatable bonds is 10. The molecular formula is C27H29N5O4S. The van der Waals surface area contributed by atoms with Crippen molar-refractivity contribution < 1.29 is 17.9 Å². The molecule has 0 saturated heterocycles. The standard InChI is InChI=1S/C27H29N5O4S/c1-4-32(5-2)37(34,35)24-16-19(11-10-18(24)3)26-22-8-6-7-9-23(22)27(31-30-26)29-20-12-14-21(15-13-20)36-17-25(28)33/h6-16H,4-5,17H2,1-3H3,(H2,28,33)(H,29,31). The number of hydrogen-bond acceptors (Lipinski definition) is 7. The number of nitrogens with one attached hydrogen (secondary N) is 1. The largest absolute Gasteiger partial charge is 0.484 e. The lowest BCUT2D eigenvalue weighted by Gasteiger charge is -2.20. The predicted molar refractivity (Wildman–Crippen MR) is 144 cm³/mol. The van der Waals surface area contributed by atoms with Gasteiger partial charge in [0.15, 0.2) is 12.4 Å². The van der Waals surface area contributed by atoms with E-state index < -0.39 is 15.9 Å². The Kier molecular flexibility index (Phi) is 7.70. The van der Waals surface area contributed by atoms with Gasteiger partial charge in [-0.2, -0.15) is 4.31 Å². The summed E-state index contributed by atoms with van der Waals surface area (Å²) in [6, 6.07) is 20.1. The molecule has 0 aliphatic carbocycles. The summed E-state index contributed by atoms with van der Waals surface area (Å²) in [5.41, 5.74) is 7.80. The molecule has 0 spiro atoms. The van der Waals surface area contributed by atoms with Gasteiger partial charge in [0.2, 0.25) is 10.0 Å². The molecule has 1 aromatic heterocycles. The normalized spacial score (nSPS) is 11.6. The van der Waals surface area contributed by atoms with E-state index in [1.54, 1.807) is 43.3 Å². The SMILES string of the molecule is CCN(CC)S(=O)(=O)c1cc(-c2nnc(Nc3ccc(OCC(N)=O)cc3)c3ccccc23)ccc1C. The van der Waals surface area contributed by atoms with Crippen LogP contribution in [0.1, 0.15) is 19.4 Å². The molecule has 10 heteroatoms. The minimum absolute atomic E-state index is 0.193. The Morgan fingerprint density at radius 3 is 2.30 bits per heavy atom. The number of hydrogen-bond donors (Lipinski definition) is 2. The molecule has 192 valence electrons. The van der Waals surface area contributed by atoms with Crippen molar-refractivity contribution >= 4 is 38.2 Å². The van der Waals surface area contributed by atoms with Crippen LogP contribution in [0.5, 0.6) is 5.75 Å². The van der Waals surface area contributed by atoms with E-state index in [0.29, 0.717) is 41.5 Å². The Morgan fingerprint density at radius 1 is 0.973 bits per heavy atom. The highest BCUT2D eigenvalue weighted by Crippen LogP contribution is 2.33. The number of ether oxygens (including phenoxy) is 1. The van der Waals surface area contributed by atoms with E-state index >= 15 is 0 Å². The summed E-state index contributed by atoms with van der Waals surface area (Å²) in [7, 11) is -3.64. The molecule has 1 heterocycles. The van der Waals surface area contributed by atoms with E-state index in [9.17, 15) is 13.2 Å². The van der Waals surface area contributed by atoms with Gasteiger partial charge in [-0.25, -0.2) is 8.42 Å². The number of nitrogens with zero attached hydrogens (tertiary/aromatic N) is 3. The number of carbonyl (C=O) groups is 1. The summed E-state index contributed by atoms with van der Waals surface area (Å²) in [5.74, 6) is 0.522. The molecule has 1 amide bonds. The molecule has 0 aliphatic heterocycles. The van der Waals surface area contributed by atoms with Crippen LogP contribution in [0.3, 0.4) is 0 Å². The first-order valence-corrected chi connectivity index (χ1v) is 13.3. The van der Waals surface area contributed by atoms with Gasteiger partial charge in [-0.1, -0.05) is 50.2 Å². The molecule has 0 atom stereocenters. The minimum Gasteiger partial charge on any atom is -0.484 e. The molecule has 0 aliphatic rings. The molecule has 0 saturated carbocycles. The van der Waals surface area contributed by atoms with E-state index in [2.05, 4.69) is 15.5 Å². The van der Waals surface area contributed by atoms with Crippen molar-refractivity contribution in [3.8, 4) is 17.0 Å². The maximum absolute atomic E-state index is 13.3. The lowest BCUT2D eigenvalue weighted by atomic mass is 10.0. The summed E-state index contributed by atoms with van der Waals surface area (Å²) in [5, 5.41) is 13.8. The van der Waals surface area contributed by atoms with Gasteiger partial charge in [0, 0.05) is 35.1 Å². The van der Waals surface area contributed by atoms with Crippen LogP contribution in [0.15, 0.2) is 71.6 Å². The number of amides is 1. The first-order valence-electron chi connectivity index (χ1n) is 11.9. The minimum atomic E-state index is -3.64. The number of sulfonamides is 1. The summed E-state index contributed by atoms with van der Waals surface area (Å²) >= 11 is 0. The monoisotopic (exact) mass is 519 g/mol. The van der Waals surface area contributed by atoms with Gasteiger partial charge in [-0.15, -0.1) is 10.2 Å². The van der Waals surface area contributed by atoms with E-state index in [-0.39, 0.29) is 11.5 Å². The van der Waals surface area contributed by atoms with Crippen molar-refractivity contribution in [1.29, 1.82) is 0 Å². The van der Waals surface area contributed by atoms with Crippen LogP contribution in [-0.4, -0.2) is 48.5 Å². The van der Waals surface area contributed by atoms with Gasteiger partial charge >= 0.3 is 0 Å². The molecule has 4 aromatic rings. The maximum Gasteiger partial charge on any atom is 0.255 e. The second-order valence-electron chi connectivity index (χ2n) is 8.42. The smallest absolute Gasteiger partial charge is 0.255 e. The van der Waals surface area contributed by atoms with Crippen molar-refractivity contribution in [3.63, 3.8) is 0 Å². The summed E-state index contributed by atoms with van der Waals surface area (Å²) < 4.78 is 33.3. The average molecular weight is 520 g/mol. The topological polar surface area (TPSA) is 128 Å². The van der Waals surface area contributed by atoms with Gasteiger partial charge in [-0.3, -0.25) is 4.79 Å². The van der Waals surface area contributed by atoms with Crippen LogP contribution in [0.4, 0.5) is 11.5 Å². The number of fused-ring (bicyclic) bond motifs is 1. The molecule has 4 rings (SSSR count). The predicted octanol–water partition coefficient (Wildman–Crippen LogP) is 4.24. The lowest BCUT2D eigenvalue weighted by molar-refractivity contribution is -0.119. The number of primary amides is 1. The molecule has 0 radical (unpaired) electrons. The first kappa shape index (κ1) is 26.1. The van der Waals surface area contributed by atoms with Gasteiger partial charge < -0.3 is 15.8 Å². The van der Waals surface area contributed by atoms with Crippen molar-refractivity contribution in [2.24, 2.45) is 5.73 Å². The number of aromatic nitrogens is 2. The second kappa shape index (κ2) is 10.9. The van der Waals surface area contributed by atoms with Crippen molar-refractivity contribution in [3.05, 3.63) is 72.3 Å². The molecule has 3 aromatic carbocycles.